The van der Waals surface area contributed by atoms with E-state index in [0.717, 1.165) is 28.2 Å². The van der Waals surface area contributed by atoms with Gasteiger partial charge in [0.05, 0.1) is 10.5 Å². The summed E-state index contributed by atoms with van der Waals surface area (Å²) in [6, 6.07) is 18.7. The molecule has 1 aliphatic heterocycles. The van der Waals surface area contributed by atoms with Gasteiger partial charge in [0.2, 0.25) is 0 Å². The third-order valence-electron chi connectivity index (χ3n) is 4.06. The lowest BCUT2D eigenvalue weighted by Crippen LogP contribution is -2.33. The molecule has 4 nitrogen and oxygen atoms in total. The van der Waals surface area contributed by atoms with Crippen LogP contribution in [0.25, 0.3) is 10.9 Å². The minimum atomic E-state index is -1.06. The zero-order valence-electron chi connectivity index (χ0n) is 14.4. The molecule has 0 saturated carbocycles. The summed E-state index contributed by atoms with van der Waals surface area (Å²) in [5.41, 5.74) is 1.63. The largest absolute Gasteiger partial charge is 0.287 e. The Labute approximate surface area is 175 Å². The third-order valence-corrected chi connectivity index (χ3v) is 6.85. The fraction of sp³-hybridized carbons (Fsp3) is 0.0952. The fourth-order valence-electron chi connectivity index (χ4n) is 2.70. The SMILES string of the molecule is O=C1NC(=O)C(CC#Cc2ccc(Cl)cc2)(Sc2ccc3ccccc3n2)S1. The Morgan fingerprint density at radius 2 is 1.86 bits per heavy atom. The molecular weight excluding hydrogens is 412 g/mol. The fourth-order valence-corrected chi connectivity index (χ4v) is 5.11. The number of hydrogen-bond donors (Lipinski definition) is 1. The van der Waals surface area contributed by atoms with Crippen LogP contribution in [0.2, 0.25) is 5.02 Å². The molecule has 0 aliphatic carbocycles. The molecule has 0 radical (unpaired) electrons. The molecule has 3 aromatic rings. The van der Waals surface area contributed by atoms with Gasteiger partial charge in [0.25, 0.3) is 11.1 Å². The first-order valence-corrected chi connectivity index (χ1v) is 10.4. The van der Waals surface area contributed by atoms with Gasteiger partial charge in [0.15, 0.2) is 4.08 Å². The first-order chi connectivity index (χ1) is 13.5. The van der Waals surface area contributed by atoms with E-state index >= 15 is 0 Å². The van der Waals surface area contributed by atoms with Crippen LogP contribution in [-0.4, -0.2) is 20.2 Å². The van der Waals surface area contributed by atoms with E-state index in [1.165, 1.54) is 11.8 Å². The third kappa shape index (κ3) is 4.02. The molecule has 7 heteroatoms. The van der Waals surface area contributed by atoms with Gasteiger partial charge < -0.3 is 0 Å². The molecule has 2 aromatic carbocycles. The quantitative estimate of drug-likeness (QED) is 0.592. The summed E-state index contributed by atoms with van der Waals surface area (Å²) in [4.78, 5) is 29.1. The van der Waals surface area contributed by atoms with E-state index in [0.29, 0.717) is 10.0 Å². The summed E-state index contributed by atoms with van der Waals surface area (Å²) in [6.45, 7) is 0. The Hall–Kier alpha value is -2.46. The van der Waals surface area contributed by atoms with Crippen molar-refractivity contribution in [3.05, 3.63) is 71.2 Å². The molecule has 4 rings (SSSR count). The van der Waals surface area contributed by atoms with E-state index in [-0.39, 0.29) is 17.6 Å². The predicted octanol–water partition coefficient (Wildman–Crippen LogP) is 5.10. The van der Waals surface area contributed by atoms with E-state index in [4.69, 9.17) is 11.6 Å². The molecule has 138 valence electrons. The van der Waals surface area contributed by atoms with Gasteiger partial charge in [-0.2, -0.15) is 0 Å². The van der Waals surface area contributed by atoms with Gasteiger partial charge in [-0.1, -0.05) is 59.5 Å². The molecule has 1 fully saturated rings. The number of carbonyl (C=O) groups excluding carboxylic acids is 2. The Bertz CT molecular complexity index is 1140. The number of halogens is 1. The van der Waals surface area contributed by atoms with E-state index in [1.807, 2.05) is 48.5 Å². The van der Waals surface area contributed by atoms with Crippen molar-refractivity contribution in [1.29, 1.82) is 0 Å². The first-order valence-electron chi connectivity index (χ1n) is 8.38. The monoisotopic (exact) mass is 424 g/mol. The van der Waals surface area contributed by atoms with Crippen LogP contribution in [0, 0.1) is 11.8 Å². The number of fused-ring (bicyclic) bond motifs is 1. The van der Waals surface area contributed by atoms with Crippen molar-refractivity contribution in [3.8, 4) is 11.8 Å². The minimum Gasteiger partial charge on any atom is -0.285 e. The number of rotatable bonds is 3. The number of aromatic nitrogens is 1. The molecule has 1 saturated heterocycles. The Balaban J connectivity index is 1.62. The smallest absolute Gasteiger partial charge is 0.285 e. The van der Waals surface area contributed by atoms with Crippen LogP contribution >= 0.6 is 35.1 Å². The molecule has 28 heavy (non-hydrogen) atoms. The lowest BCUT2D eigenvalue weighted by Gasteiger charge is -2.20. The highest BCUT2D eigenvalue weighted by molar-refractivity contribution is 8.27. The molecule has 2 heterocycles. The van der Waals surface area contributed by atoms with Crippen molar-refractivity contribution in [3.63, 3.8) is 0 Å². The highest BCUT2D eigenvalue weighted by atomic mass is 35.5. The van der Waals surface area contributed by atoms with Crippen molar-refractivity contribution < 1.29 is 9.59 Å². The summed E-state index contributed by atoms with van der Waals surface area (Å²) in [5.74, 6) is 5.71. The second kappa shape index (κ2) is 7.88. The molecule has 1 aliphatic rings. The number of hydrogen-bond acceptors (Lipinski definition) is 5. The van der Waals surface area contributed by atoms with Crippen LogP contribution in [0.1, 0.15) is 12.0 Å². The number of amides is 2. The summed E-state index contributed by atoms with van der Waals surface area (Å²) >= 11 is 8.10. The number of pyridine rings is 1. The number of nitrogens with one attached hydrogen (secondary N) is 1. The molecule has 1 atom stereocenters. The van der Waals surface area contributed by atoms with Crippen molar-refractivity contribution in [2.45, 2.75) is 15.5 Å². The zero-order chi connectivity index (χ0) is 19.6. The predicted molar refractivity (Wildman–Crippen MR) is 114 cm³/mol. The average molecular weight is 425 g/mol. The van der Waals surface area contributed by atoms with E-state index in [9.17, 15) is 9.59 Å². The Morgan fingerprint density at radius 1 is 1.07 bits per heavy atom. The van der Waals surface area contributed by atoms with Crippen LogP contribution in [0.4, 0.5) is 4.79 Å². The number of imide groups is 1. The maximum atomic E-state index is 12.6. The van der Waals surface area contributed by atoms with Crippen molar-refractivity contribution in [2.75, 3.05) is 0 Å². The maximum absolute atomic E-state index is 12.6. The summed E-state index contributed by atoms with van der Waals surface area (Å²) < 4.78 is -1.06. The minimum absolute atomic E-state index is 0.205. The van der Waals surface area contributed by atoms with Gasteiger partial charge in [-0.15, -0.1) is 0 Å². The van der Waals surface area contributed by atoms with Crippen LogP contribution in [0.3, 0.4) is 0 Å². The van der Waals surface area contributed by atoms with Crippen molar-refractivity contribution in [1.82, 2.24) is 10.3 Å². The number of nitrogens with zero attached hydrogens (tertiary/aromatic N) is 1. The van der Waals surface area contributed by atoms with E-state index in [1.54, 1.807) is 12.1 Å². The second-order valence-electron chi connectivity index (χ2n) is 6.03. The Morgan fingerprint density at radius 3 is 2.61 bits per heavy atom. The number of carbonyl (C=O) groups is 2. The molecule has 2 amide bonds. The molecule has 1 aromatic heterocycles. The number of para-hydroxylation sites is 1. The highest BCUT2D eigenvalue weighted by Gasteiger charge is 2.49. The van der Waals surface area contributed by atoms with Gasteiger partial charge in [-0.3, -0.25) is 14.9 Å². The molecular formula is C21H13ClN2O2S2. The van der Waals surface area contributed by atoms with Gasteiger partial charge >= 0.3 is 0 Å². The van der Waals surface area contributed by atoms with E-state index in [2.05, 4.69) is 22.1 Å². The maximum Gasteiger partial charge on any atom is 0.287 e. The molecule has 1 unspecified atom stereocenters. The van der Waals surface area contributed by atoms with Crippen molar-refractivity contribution >= 4 is 57.2 Å². The van der Waals surface area contributed by atoms with Crippen LogP contribution < -0.4 is 5.32 Å². The average Bonchev–Trinajstić information content (AvgIpc) is 2.96. The molecule has 1 N–H and O–H groups in total. The zero-order valence-corrected chi connectivity index (χ0v) is 16.8. The summed E-state index contributed by atoms with van der Waals surface area (Å²) in [6.07, 6.45) is 0.205. The van der Waals surface area contributed by atoms with Crippen LogP contribution in [0.5, 0.6) is 0 Å². The Kier molecular flexibility index (Phi) is 5.31. The van der Waals surface area contributed by atoms with E-state index < -0.39 is 4.08 Å². The molecule has 0 bridgehead atoms. The highest BCUT2D eigenvalue weighted by Crippen LogP contribution is 2.47. The van der Waals surface area contributed by atoms with Gasteiger partial charge in [-0.25, -0.2) is 4.98 Å². The van der Waals surface area contributed by atoms with Crippen LogP contribution in [0.15, 0.2) is 65.7 Å². The van der Waals surface area contributed by atoms with Crippen molar-refractivity contribution in [2.24, 2.45) is 0 Å². The lowest BCUT2D eigenvalue weighted by atomic mass is 10.2. The van der Waals surface area contributed by atoms with Crippen LogP contribution in [-0.2, 0) is 4.79 Å². The van der Waals surface area contributed by atoms with Gasteiger partial charge in [-0.05, 0) is 48.2 Å². The standard InChI is InChI=1S/C21H13ClN2O2S2/c22-16-10-7-14(8-11-16)4-3-13-21(19(25)24-20(26)28-21)27-18-12-9-15-5-1-2-6-17(15)23-18/h1-2,5-12H,13H2,(H,24,25,26). The second-order valence-corrected chi connectivity index (χ2v) is 9.31. The first kappa shape index (κ1) is 18.9. The van der Waals surface area contributed by atoms with Gasteiger partial charge in [0.1, 0.15) is 0 Å². The van der Waals surface area contributed by atoms with Gasteiger partial charge in [0, 0.05) is 22.4 Å². The topological polar surface area (TPSA) is 59.1 Å². The number of benzene rings is 2. The number of thioether (sulfide) groups is 2. The summed E-state index contributed by atoms with van der Waals surface area (Å²) in [5, 5.41) is 4.33. The normalized spacial score (nSPS) is 18.6. The molecule has 0 spiro atoms. The lowest BCUT2D eigenvalue weighted by molar-refractivity contribution is -0.119. The summed E-state index contributed by atoms with van der Waals surface area (Å²) in [7, 11) is 0.